The third kappa shape index (κ3) is 3.13. The summed E-state index contributed by atoms with van der Waals surface area (Å²) in [6.07, 6.45) is 6.45. The summed E-state index contributed by atoms with van der Waals surface area (Å²) in [5.41, 5.74) is -0.133. The fourth-order valence-corrected chi connectivity index (χ4v) is 5.59. The summed E-state index contributed by atoms with van der Waals surface area (Å²) >= 11 is 0. The second-order valence-electron chi connectivity index (χ2n) is 8.48. The highest BCUT2D eigenvalue weighted by Crippen LogP contribution is 2.62. The molecule has 1 N–H and O–H groups in total. The maximum Gasteiger partial charge on any atom is 0.302 e. The molecule has 0 aromatic carbocycles. The van der Waals surface area contributed by atoms with E-state index in [1.165, 1.54) is 26.2 Å². The van der Waals surface area contributed by atoms with Gasteiger partial charge in [-0.2, -0.15) is 0 Å². The van der Waals surface area contributed by atoms with Crippen molar-refractivity contribution in [3.8, 4) is 0 Å². The van der Waals surface area contributed by atoms with Crippen LogP contribution in [0.4, 0.5) is 0 Å². The molecule has 0 bridgehead atoms. The zero-order valence-electron chi connectivity index (χ0n) is 14.4. The van der Waals surface area contributed by atoms with Gasteiger partial charge in [0.2, 0.25) is 0 Å². The number of esters is 1. The molecule has 4 atom stereocenters. The van der Waals surface area contributed by atoms with Gasteiger partial charge in [-0.25, -0.2) is 0 Å². The lowest BCUT2D eigenvalue weighted by Gasteiger charge is -2.61. The van der Waals surface area contributed by atoms with Crippen LogP contribution in [0.2, 0.25) is 0 Å². The monoisotopic (exact) mass is 296 g/mol. The molecule has 2 aliphatic rings. The molecule has 2 rings (SSSR count). The van der Waals surface area contributed by atoms with Crippen molar-refractivity contribution in [1.29, 1.82) is 0 Å². The Balaban J connectivity index is 2.22. The standard InChI is InChI=1S/C18H32O3/c1-13(19)21-12-8-15-17(4)10-6-9-16(2,3)14(17)7-11-18(15,5)20/h14-15,20H,6-12H2,1-5H3. The van der Waals surface area contributed by atoms with E-state index in [0.717, 1.165) is 19.3 Å². The molecule has 0 amide bonds. The van der Waals surface area contributed by atoms with Crippen LogP contribution in [0.15, 0.2) is 0 Å². The summed E-state index contributed by atoms with van der Waals surface area (Å²) < 4.78 is 5.16. The van der Waals surface area contributed by atoms with E-state index >= 15 is 0 Å². The van der Waals surface area contributed by atoms with Crippen LogP contribution in [0.5, 0.6) is 0 Å². The fourth-order valence-electron chi connectivity index (χ4n) is 5.59. The van der Waals surface area contributed by atoms with Crippen molar-refractivity contribution in [2.75, 3.05) is 6.61 Å². The molecule has 0 aromatic rings. The average molecular weight is 296 g/mol. The summed E-state index contributed by atoms with van der Waals surface area (Å²) in [4.78, 5) is 11.0. The van der Waals surface area contributed by atoms with Crippen LogP contribution in [0.1, 0.15) is 73.1 Å². The van der Waals surface area contributed by atoms with Crippen LogP contribution in [-0.4, -0.2) is 23.3 Å². The predicted molar refractivity (Wildman–Crippen MR) is 83.8 cm³/mol. The quantitative estimate of drug-likeness (QED) is 0.803. The number of hydrogen-bond acceptors (Lipinski definition) is 3. The van der Waals surface area contributed by atoms with Crippen molar-refractivity contribution in [3.05, 3.63) is 0 Å². The Kier molecular flexibility index (Phi) is 4.45. The number of carbonyl (C=O) groups excluding carboxylic acids is 1. The van der Waals surface area contributed by atoms with Gasteiger partial charge in [0.15, 0.2) is 0 Å². The Labute approximate surface area is 129 Å². The van der Waals surface area contributed by atoms with Gasteiger partial charge in [0.25, 0.3) is 0 Å². The van der Waals surface area contributed by atoms with E-state index in [1.807, 2.05) is 6.92 Å². The van der Waals surface area contributed by atoms with Crippen molar-refractivity contribution < 1.29 is 14.6 Å². The zero-order valence-corrected chi connectivity index (χ0v) is 14.4. The Hall–Kier alpha value is -0.570. The number of ether oxygens (including phenoxy) is 1. The minimum atomic E-state index is -0.640. The highest BCUT2D eigenvalue weighted by Gasteiger charge is 2.57. The molecule has 122 valence electrons. The number of carbonyl (C=O) groups is 1. The normalized spacial score (nSPS) is 42.2. The Morgan fingerprint density at radius 2 is 1.86 bits per heavy atom. The maximum absolute atomic E-state index is 11.0. The molecule has 2 aliphatic carbocycles. The summed E-state index contributed by atoms with van der Waals surface area (Å²) in [5.74, 6) is 0.639. The van der Waals surface area contributed by atoms with Crippen LogP contribution in [0.3, 0.4) is 0 Å². The molecule has 0 radical (unpaired) electrons. The minimum absolute atomic E-state index is 0.156. The third-order valence-electron chi connectivity index (χ3n) is 6.47. The van der Waals surface area contributed by atoms with Gasteiger partial charge in [-0.05, 0) is 61.7 Å². The van der Waals surface area contributed by atoms with E-state index in [4.69, 9.17) is 4.74 Å². The van der Waals surface area contributed by atoms with E-state index in [2.05, 4.69) is 20.8 Å². The first-order chi connectivity index (χ1) is 9.59. The topological polar surface area (TPSA) is 46.5 Å². The van der Waals surface area contributed by atoms with Gasteiger partial charge in [0, 0.05) is 6.92 Å². The Morgan fingerprint density at radius 1 is 1.19 bits per heavy atom. The first-order valence-corrected chi connectivity index (χ1v) is 8.45. The van der Waals surface area contributed by atoms with Gasteiger partial charge >= 0.3 is 5.97 Å². The van der Waals surface area contributed by atoms with E-state index in [9.17, 15) is 9.90 Å². The van der Waals surface area contributed by atoms with Crippen molar-refractivity contribution in [3.63, 3.8) is 0 Å². The molecule has 3 nitrogen and oxygen atoms in total. The molecule has 0 heterocycles. The van der Waals surface area contributed by atoms with Crippen LogP contribution in [0.25, 0.3) is 0 Å². The maximum atomic E-state index is 11.0. The van der Waals surface area contributed by atoms with E-state index < -0.39 is 5.60 Å². The lowest BCUT2D eigenvalue weighted by Crippen LogP contribution is -2.57. The first-order valence-electron chi connectivity index (χ1n) is 8.45. The number of fused-ring (bicyclic) bond motifs is 1. The van der Waals surface area contributed by atoms with E-state index in [-0.39, 0.29) is 17.3 Å². The van der Waals surface area contributed by atoms with E-state index in [1.54, 1.807) is 0 Å². The molecule has 0 aromatic heterocycles. The lowest BCUT2D eigenvalue weighted by atomic mass is 9.45. The van der Waals surface area contributed by atoms with Crippen molar-refractivity contribution in [1.82, 2.24) is 0 Å². The second kappa shape index (κ2) is 5.57. The molecule has 0 aliphatic heterocycles. The molecular formula is C18H32O3. The highest BCUT2D eigenvalue weighted by atomic mass is 16.5. The summed E-state index contributed by atoms with van der Waals surface area (Å²) in [7, 11) is 0. The lowest BCUT2D eigenvalue weighted by molar-refractivity contribution is -0.175. The molecular weight excluding hydrogens is 264 g/mol. The van der Waals surface area contributed by atoms with Crippen LogP contribution >= 0.6 is 0 Å². The van der Waals surface area contributed by atoms with Gasteiger partial charge < -0.3 is 9.84 Å². The van der Waals surface area contributed by atoms with Gasteiger partial charge in [-0.1, -0.05) is 27.2 Å². The number of hydrogen-bond donors (Lipinski definition) is 1. The van der Waals surface area contributed by atoms with Crippen molar-refractivity contribution in [2.45, 2.75) is 78.7 Å². The summed E-state index contributed by atoms with van der Waals surface area (Å²) in [6, 6.07) is 0. The Bertz CT molecular complexity index is 399. The minimum Gasteiger partial charge on any atom is -0.466 e. The molecule has 4 unspecified atom stereocenters. The smallest absolute Gasteiger partial charge is 0.302 e. The van der Waals surface area contributed by atoms with Crippen molar-refractivity contribution >= 4 is 5.97 Å². The molecule has 0 saturated heterocycles. The molecule has 21 heavy (non-hydrogen) atoms. The molecule has 2 fully saturated rings. The largest absolute Gasteiger partial charge is 0.466 e. The second-order valence-corrected chi connectivity index (χ2v) is 8.48. The number of aliphatic hydroxyl groups is 1. The predicted octanol–water partition coefficient (Wildman–Crippen LogP) is 3.93. The van der Waals surface area contributed by atoms with Gasteiger partial charge in [-0.15, -0.1) is 0 Å². The van der Waals surface area contributed by atoms with Crippen LogP contribution < -0.4 is 0 Å². The van der Waals surface area contributed by atoms with Gasteiger partial charge in [0.05, 0.1) is 12.2 Å². The number of rotatable bonds is 3. The fraction of sp³-hybridized carbons (Fsp3) is 0.944. The third-order valence-corrected chi connectivity index (χ3v) is 6.47. The highest BCUT2D eigenvalue weighted by molar-refractivity contribution is 5.65. The molecule has 2 saturated carbocycles. The van der Waals surface area contributed by atoms with E-state index in [0.29, 0.717) is 17.9 Å². The summed E-state index contributed by atoms with van der Waals surface area (Å²) in [6.45, 7) is 11.0. The average Bonchev–Trinajstić information content (AvgIpc) is 2.31. The van der Waals surface area contributed by atoms with Gasteiger partial charge in [-0.3, -0.25) is 4.79 Å². The molecule has 3 heteroatoms. The SMILES string of the molecule is CC(=O)OCCC1C(C)(O)CCC2C(C)(C)CCCC21C. The molecule has 0 spiro atoms. The summed E-state index contributed by atoms with van der Waals surface area (Å²) in [5, 5.41) is 10.9. The van der Waals surface area contributed by atoms with Gasteiger partial charge in [0.1, 0.15) is 0 Å². The van der Waals surface area contributed by atoms with Crippen LogP contribution in [0, 0.1) is 22.7 Å². The van der Waals surface area contributed by atoms with Crippen molar-refractivity contribution in [2.24, 2.45) is 22.7 Å². The zero-order chi connectivity index (χ0) is 15.9. The Morgan fingerprint density at radius 3 is 2.48 bits per heavy atom. The first kappa shape index (κ1) is 16.8. The van der Waals surface area contributed by atoms with Crippen LogP contribution in [-0.2, 0) is 9.53 Å².